The zero-order valence-electron chi connectivity index (χ0n) is 11.3. The normalized spacial score (nSPS) is 18.7. The van der Waals surface area contributed by atoms with Gasteiger partial charge in [-0.2, -0.15) is 0 Å². The summed E-state index contributed by atoms with van der Waals surface area (Å²) in [5.41, 5.74) is 0.675. The van der Waals surface area contributed by atoms with E-state index in [4.69, 9.17) is 4.74 Å². The maximum atomic E-state index is 13.8. The van der Waals surface area contributed by atoms with E-state index >= 15 is 0 Å². The van der Waals surface area contributed by atoms with Gasteiger partial charge in [-0.15, -0.1) is 0 Å². The number of hydrogen-bond acceptors (Lipinski definition) is 3. The van der Waals surface area contributed by atoms with Gasteiger partial charge in [0.15, 0.2) is 0 Å². The summed E-state index contributed by atoms with van der Waals surface area (Å²) in [6.45, 7) is 3.66. The number of carbonyl (C=O) groups excluding carboxylic acids is 1. The average molecular weight is 266 g/mol. The molecule has 19 heavy (non-hydrogen) atoms. The number of amides is 1. The molecule has 104 valence electrons. The third kappa shape index (κ3) is 2.87. The van der Waals surface area contributed by atoms with Crippen LogP contribution < -0.4 is 5.32 Å². The number of para-hydroxylation sites is 1. The van der Waals surface area contributed by atoms with Crippen molar-refractivity contribution in [2.24, 2.45) is 0 Å². The van der Waals surface area contributed by atoms with Crippen molar-refractivity contribution in [1.82, 2.24) is 4.90 Å². The molecule has 0 bridgehead atoms. The number of likely N-dealkylation sites (tertiary alicyclic amines) is 1. The molecular formula is C14H19FN2O2. The minimum Gasteiger partial charge on any atom is -0.382 e. The number of ether oxygens (including phenoxy) is 1. The van der Waals surface area contributed by atoms with Crippen molar-refractivity contribution in [3.63, 3.8) is 0 Å². The predicted molar refractivity (Wildman–Crippen MR) is 71.9 cm³/mol. The summed E-state index contributed by atoms with van der Waals surface area (Å²) in [6, 6.07) is 4.58. The van der Waals surface area contributed by atoms with Crippen molar-refractivity contribution in [3.05, 3.63) is 29.6 Å². The van der Waals surface area contributed by atoms with Crippen molar-refractivity contribution in [2.45, 2.75) is 19.4 Å². The summed E-state index contributed by atoms with van der Waals surface area (Å²) < 4.78 is 19.0. The summed E-state index contributed by atoms with van der Waals surface area (Å²) >= 11 is 0. The minimum atomic E-state index is -0.393. The van der Waals surface area contributed by atoms with Crippen molar-refractivity contribution in [1.29, 1.82) is 0 Å². The Bertz CT molecular complexity index is 465. The molecule has 0 spiro atoms. The standard InChI is InChI=1S/C14H19FN2O2/c1-3-16-13-11(5-4-6-12(13)15)14(18)17-8-7-10(9-17)19-2/h4-6,10,16H,3,7-9H2,1-2H3. The van der Waals surface area contributed by atoms with Gasteiger partial charge in [0.05, 0.1) is 17.4 Å². The highest BCUT2D eigenvalue weighted by Gasteiger charge is 2.28. The largest absolute Gasteiger partial charge is 0.382 e. The van der Waals surface area contributed by atoms with Crippen LogP contribution in [0.2, 0.25) is 0 Å². The Morgan fingerprint density at radius 2 is 2.37 bits per heavy atom. The maximum absolute atomic E-state index is 13.8. The average Bonchev–Trinajstić information content (AvgIpc) is 2.89. The lowest BCUT2D eigenvalue weighted by atomic mass is 10.1. The molecule has 1 aliphatic heterocycles. The van der Waals surface area contributed by atoms with E-state index in [1.165, 1.54) is 6.07 Å². The van der Waals surface area contributed by atoms with Crippen molar-refractivity contribution < 1.29 is 13.9 Å². The minimum absolute atomic E-state index is 0.0834. The van der Waals surface area contributed by atoms with Crippen LogP contribution in [0, 0.1) is 5.82 Å². The molecule has 0 aromatic heterocycles. The number of methoxy groups -OCH3 is 1. The number of benzene rings is 1. The van der Waals surface area contributed by atoms with Crippen LogP contribution in [0.15, 0.2) is 18.2 Å². The van der Waals surface area contributed by atoms with E-state index in [1.54, 1.807) is 24.1 Å². The fraction of sp³-hybridized carbons (Fsp3) is 0.500. The summed E-state index contributed by atoms with van der Waals surface area (Å²) in [4.78, 5) is 14.1. The molecule has 1 aromatic rings. The van der Waals surface area contributed by atoms with E-state index < -0.39 is 5.82 Å². The molecule has 1 atom stereocenters. The van der Waals surface area contributed by atoms with E-state index in [0.29, 0.717) is 25.2 Å². The lowest BCUT2D eigenvalue weighted by molar-refractivity contribution is 0.0724. The van der Waals surface area contributed by atoms with Gasteiger partial charge in [0.2, 0.25) is 0 Å². The van der Waals surface area contributed by atoms with Crippen molar-refractivity contribution in [3.8, 4) is 0 Å². The monoisotopic (exact) mass is 266 g/mol. The molecule has 1 fully saturated rings. The van der Waals surface area contributed by atoms with E-state index in [0.717, 1.165) is 6.42 Å². The first-order chi connectivity index (χ1) is 9.17. The first kappa shape index (κ1) is 13.8. The molecule has 0 aliphatic carbocycles. The quantitative estimate of drug-likeness (QED) is 0.907. The van der Waals surface area contributed by atoms with Crippen LogP contribution in [0.25, 0.3) is 0 Å². The Balaban J connectivity index is 2.22. The van der Waals surface area contributed by atoms with Crippen LogP contribution in [-0.2, 0) is 4.74 Å². The van der Waals surface area contributed by atoms with Gasteiger partial charge in [-0.05, 0) is 25.5 Å². The highest BCUT2D eigenvalue weighted by Crippen LogP contribution is 2.23. The molecule has 1 N–H and O–H groups in total. The summed E-state index contributed by atoms with van der Waals surface area (Å²) in [5.74, 6) is -0.537. The molecule has 1 amide bonds. The Hall–Kier alpha value is -1.62. The first-order valence-corrected chi connectivity index (χ1v) is 6.51. The lowest BCUT2D eigenvalue weighted by Gasteiger charge is -2.19. The Morgan fingerprint density at radius 1 is 1.58 bits per heavy atom. The van der Waals surface area contributed by atoms with Gasteiger partial charge < -0.3 is 15.0 Å². The second-order valence-corrected chi connectivity index (χ2v) is 4.59. The van der Waals surface area contributed by atoms with Gasteiger partial charge in [-0.25, -0.2) is 4.39 Å². The Morgan fingerprint density at radius 3 is 3.00 bits per heavy atom. The second-order valence-electron chi connectivity index (χ2n) is 4.59. The van der Waals surface area contributed by atoms with Gasteiger partial charge in [0.1, 0.15) is 5.82 Å². The molecule has 1 aliphatic rings. The van der Waals surface area contributed by atoms with Gasteiger partial charge in [0, 0.05) is 26.7 Å². The Labute approximate surface area is 112 Å². The third-order valence-corrected chi connectivity index (χ3v) is 3.36. The van der Waals surface area contributed by atoms with Crippen LogP contribution in [-0.4, -0.2) is 43.7 Å². The summed E-state index contributed by atoms with van der Waals surface area (Å²) in [7, 11) is 1.64. The van der Waals surface area contributed by atoms with E-state index in [2.05, 4.69) is 5.32 Å². The summed E-state index contributed by atoms with van der Waals surface area (Å²) in [5, 5.41) is 2.92. The molecule has 2 rings (SSSR count). The van der Waals surface area contributed by atoms with Crippen LogP contribution >= 0.6 is 0 Å². The molecule has 1 aromatic carbocycles. The number of nitrogens with one attached hydrogen (secondary N) is 1. The zero-order valence-corrected chi connectivity index (χ0v) is 11.3. The molecule has 4 nitrogen and oxygen atoms in total. The molecule has 0 saturated carbocycles. The van der Waals surface area contributed by atoms with Crippen LogP contribution in [0.4, 0.5) is 10.1 Å². The maximum Gasteiger partial charge on any atom is 0.256 e. The highest BCUT2D eigenvalue weighted by molar-refractivity contribution is 5.99. The van der Waals surface area contributed by atoms with E-state index in [-0.39, 0.29) is 17.7 Å². The number of halogens is 1. The van der Waals surface area contributed by atoms with E-state index in [1.807, 2.05) is 6.92 Å². The van der Waals surface area contributed by atoms with Crippen molar-refractivity contribution >= 4 is 11.6 Å². The highest BCUT2D eigenvalue weighted by atomic mass is 19.1. The fourth-order valence-electron chi connectivity index (χ4n) is 2.33. The van der Waals surface area contributed by atoms with Gasteiger partial charge in [-0.3, -0.25) is 4.79 Å². The molecule has 1 saturated heterocycles. The molecule has 1 unspecified atom stereocenters. The molecular weight excluding hydrogens is 247 g/mol. The predicted octanol–water partition coefficient (Wildman–Crippen LogP) is 2.12. The number of hydrogen-bond donors (Lipinski definition) is 1. The number of carbonyl (C=O) groups is 1. The second kappa shape index (κ2) is 6.02. The smallest absolute Gasteiger partial charge is 0.256 e. The van der Waals surface area contributed by atoms with Gasteiger partial charge in [0.25, 0.3) is 5.91 Å². The number of anilines is 1. The van der Waals surface area contributed by atoms with E-state index in [9.17, 15) is 9.18 Å². The Kier molecular flexibility index (Phi) is 4.37. The number of rotatable bonds is 4. The van der Waals surface area contributed by atoms with Crippen LogP contribution in [0.5, 0.6) is 0 Å². The van der Waals surface area contributed by atoms with Gasteiger partial charge >= 0.3 is 0 Å². The zero-order chi connectivity index (χ0) is 13.8. The van der Waals surface area contributed by atoms with Crippen molar-refractivity contribution in [2.75, 3.05) is 32.1 Å². The van der Waals surface area contributed by atoms with Crippen LogP contribution in [0.1, 0.15) is 23.7 Å². The summed E-state index contributed by atoms with van der Waals surface area (Å²) in [6.07, 6.45) is 0.911. The third-order valence-electron chi connectivity index (χ3n) is 3.36. The fourth-order valence-corrected chi connectivity index (χ4v) is 2.33. The van der Waals surface area contributed by atoms with Crippen LogP contribution in [0.3, 0.4) is 0 Å². The molecule has 1 heterocycles. The molecule has 5 heteroatoms. The SMILES string of the molecule is CCNc1c(F)cccc1C(=O)N1CCC(OC)C1. The number of nitrogens with zero attached hydrogens (tertiary/aromatic N) is 1. The first-order valence-electron chi connectivity index (χ1n) is 6.51. The lowest BCUT2D eigenvalue weighted by Crippen LogP contribution is -2.30. The molecule has 0 radical (unpaired) electrons. The topological polar surface area (TPSA) is 41.6 Å². The van der Waals surface area contributed by atoms with Gasteiger partial charge in [-0.1, -0.05) is 6.07 Å².